The average Bonchev–Trinajstić information content (AvgIpc) is 3.38. The quantitative estimate of drug-likeness (QED) is 0.277. The van der Waals surface area contributed by atoms with E-state index in [1.54, 1.807) is 0 Å². The summed E-state index contributed by atoms with van der Waals surface area (Å²) in [6.07, 6.45) is 0.881. The minimum Gasteiger partial charge on any atom is -0.373 e. The lowest BCUT2D eigenvalue weighted by Crippen LogP contribution is -2.35. The van der Waals surface area contributed by atoms with Gasteiger partial charge >= 0.3 is 0 Å². The summed E-state index contributed by atoms with van der Waals surface area (Å²) in [5.74, 6) is 0. The van der Waals surface area contributed by atoms with Crippen molar-refractivity contribution in [3.8, 4) is 0 Å². The van der Waals surface area contributed by atoms with Crippen LogP contribution in [0, 0.1) is 0 Å². The molecule has 1 aliphatic heterocycles. The molecular weight excluding hydrogens is 420 g/mol. The zero-order chi connectivity index (χ0) is 23.1. The van der Waals surface area contributed by atoms with E-state index in [4.69, 9.17) is 14.2 Å². The summed E-state index contributed by atoms with van der Waals surface area (Å²) in [5, 5.41) is 0. The molecule has 1 fully saturated rings. The Bertz CT molecular complexity index is 1030. The lowest BCUT2D eigenvalue weighted by molar-refractivity contribution is -0.0465. The highest BCUT2D eigenvalue weighted by Crippen LogP contribution is 2.41. The molecule has 3 nitrogen and oxygen atoms in total. The van der Waals surface area contributed by atoms with Gasteiger partial charge in [-0.3, -0.25) is 0 Å². The van der Waals surface area contributed by atoms with Gasteiger partial charge in [0.05, 0.1) is 32.0 Å². The Morgan fingerprint density at radius 3 is 1.62 bits per heavy atom. The van der Waals surface area contributed by atoms with Crippen molar-refractivity contribution in [3.63, 3.8) is 0 Å². The van der Waals surface area contributed by atoms with Crippen LogP contribution in [0.2, 0.25) is 0 Å². The molecule has 0 N–H and O–H groups in total. The van der Waals surface area contributed by atoms with Crippen LogP contribution < -0.4 is 0 Å². The van der Waals surface area contributed by atoms with Gasteiger partial charge in [0.25, 0.3) is 0 Å². The van der Waals surface area contributed by atoms with E-state index in [1.165, 1.54) is 5.56 Å². The topological polar surface area (TPSA) is 27.7 Å². The Morgan fingerprint density at radius 2 is 1.12 bits per heavy atom. The van der Waals surface area contributed by atoms with Crippen molar-refractivity contribution >= 4 is 0 Å². The van der Waals surface area contributed by atoms with E-state index in [0.717, 1.165) is 23.1 Å². The lowest BCUT2D eigenvalue weighted by atomic mass is 9.80. The molecule has 4 aromatic rings. The molecule has 3 heteroatoms. The molecule has 0 spiro atoms. The third kappa shape index (κ3) is 4.97. The summed E-state index contributed by atoms with van der Waals surface area (Å²) in [5.41, 5.74) is 3.75. The van der Waals surface area contributed by atoms with E-state index in [9.17, 15) is 0 Å². The van der Waals surface area contributed by atoms with Gasteiger partial charge in [-0.1, -0.05) is 121 Å². The molecule has 5 rings (SSSR count). The fourth-order valence-electron chi connectivity index (χ4n) is 4.68. The summed E-state index contributed by atoms with van der Waals surface area (Å²) in [6, 6.07) is 41.6. The van der Waals surface area contributed by atoms with Crippen LogP contribution in [0.5, 0.6) is 0 Å². The van der Waals surface area contributed by atoms with Gasteiger partial charge in [-0.05, 0) is 22.3 Å². The van der Waals surface area contributed by atoms with Crippen molar-refractivity contribution < 1.29 is 14.2 Å². The summed E-state index contributed by atoms with van der Waals surface area (Å²) < 4.78 is 19.1. The van der Waals surface area contributed by atoms with Crippen molar-refractivity contribution in [1.29, 1.82) is 0 Å². The van der Waals surface area contributed by atoms with Crippen LogP contribution in [-0.2, 0) is 26.4 Å². The Kier molecular flexibility index (Phi) is 7.16. The van der Waals surface area contributed by atoms with Crippen LogP contribution in [0.1, 0.15) is 28.7 Å². The second-order valence-corrected chi connectivity index (χ2v) is 8.70. The maximum Gasteiger partial charge on any atom is 0.143 e. The van der Waals surface area contributed by atoms with Gasteiger partial charge in [-0.15, -0.1) is 0 Å². The molecule has 0 radical (unpaired) electrons. The zero-order valence-corrected chi connectivity index (χ0v) is 19.3. The first kappa shape index (κ1) is 22.5. The first-order valence-corrected chi connectivity index (χ1v) is 11.9. The van der Waals surface area contributed by atoms with Gasteiger partial charge in [0.2, 0.25) is 0 Å². The van der Waals surface area contributed by atoms with Crippen LogP contribution in [-0.4, -0.2) is 25.4 Å². The third-order valence-corrected chi connectivity index (χ3v) is 6.40. The molecule has 1 heterocycles. The van der Waals surface area contributed by atoms with Crippen molar-refractivity contribution in [1.82, 2.24) is 0 Å². The highest BCUT2D eigenvalue weighted by Gasteiger charge is 2.39. The number of rotatable bonds is 9. The molecular formula is C31H30O3. The normalized spacial score (nSPS) is 18.1. The van der Waals surface area contributed by atoms with Crippen molar-refractivity contribution in [3.05, 3.63) is 144 Å². The smallest absolute Gasteiger partial charge is 0.143 e. The van der Waals surface area contributed by atoms with Gasteiger partial charge in [-0.25, -0.2) is 0 Å². The Balaban J connectivity index is 1.37. The largest absolute Gasteiger partial charge is 0.373 e. The van der Waals surface area contributed by atoms with E-state index in [-0.39, 0.29) is 12.2 Å². The molecule has 4 aromatic carbocycles. The summed E-state index contributed by atoms with van der Waals surface area (Å²) >= 11 is 0. The van der Waals surface area contributed by atoms with Crippen molar-refractivity contribution in [2.45, 2.75) is 30.8 Å². The fraction of sp³-hybridized carbons (Fsp3) is 0.226. The predicted molar refractivity (Wildman–Crippen MR) is 135 cm³/mol. The van der Waals surface area contributed by atoms with Gasteiger partial charge in [0.15, 0.2) is 0 Å². The Hall–Kier alpha value is -3.24. The molecule has 0 saturated carbocycles. The number of ether oxygens (including phenoxy) is 3. The van der Waals surface area contributed by atoms with E-state index in [2.05, 4.69) is 84.9 Å². The van der Waals surface area contributed by atoms with Gasteiger partial charge < -0.3 is 14.2 Å². The molecule has 172 valence electrons. The summed E-state index contributed by atoms with van der Waals surface area (Å²) in [4.78, 5) is 0. The first-order valence-electron chi connectivity index (χ1n) is 11.9. The minimum absolute atomic E-state index is 0.0173. The SMILES string of the molecule is c1ccc(CO[C@@H]2CO[C@H](COC(c3ccccc3)(c3ccccc3)c3ccccc3)C2)cc1. The van der Waals surface area contributed by atoms with E-state index in [0.29, 0.717) is 19.8 Å². The van der Waals surface area contributed by atoms with Crippen LogP contribution in [0.4, 0.5) is 0 Å². The maximum atomic E-state index is 6.90. The monoisotopic (exact) mass is 450 g/mol. The molecule has 0 amide bonds. The number of benzene rings is 4. The minimum atomic E-state index is -0.726. The van der Waals surface area contributed by atoms with Crippen LogP contribution in [0.15, 0.2) is 121 Å². The van der Waals surface area contributed by atoms with E-state index in [1.807, 2.05) is 36.4 Å². The Labute approximate surface area is 201 Å². The molecule has 0 unspecified atom stereocenters. The maximum absolute atomic E-state index is 6.90. The van der Waals surface area contributed by atoms with Crippen molar-refractivity contribution in [2.24, 2.45) is 0 Å². The third-order valence-electron chi connectivity index (χ3n) is 6.40. The molecule has 1 saturated heterocycles. The fourth-order valence-corrected chi connectivity index (χ4v) is 4.68. The van der Waals surface area contributed by atoms with Crippen LogP contribution in [0.3, 0.4) is 0 Å². The molecule has 34 heavy (non-hydrogen) atoms. The predicted octanol–water partition coefficient (Wildman–Crippen LogP) is 6.37. The zero-order valence-electron chi connectivity index (χ0n) is 19.3. The van der Waals surface area contributed by atoms with Crippen LogP contribution in [0.25, 0.3) is 0 Å². The highest BCUT2D eigenvalue weighted by atomic mass is 16.6. The number of hydrogen-bond acceptors (Lipinski definition) is 3. The number of hydrogen-bond donors (Lipinski definition) is 0. The average molecular weight is 451 g/mol. The highest BCUT2D eigenvalue weighted by molar-refractivity contribution is 5.47. The van der Waals surface area contributed by atoms with Crippen molar-refractivity contribution in [2.75, 3.05) is 13.2 Å². The van der Waals surface area contributed by atoms with Gasteiger partial charge in [0.1, 0.15) is 5.60 Å². The standard InChI is InChI=1S/C31H30O3/c1-5-13-25(14-6-1)22-32-29-21-30(33-23-29)24-34-31(26-15-7-2-8-16-26,27-17-9-3-10-18-27)28-19-11-4-12-20-28/h1-20,29-30H,21-24H2/t29-,30-/m0/s1. The van der Waals surface area contributed by atoms with E-state index >= 15 is 0 Å². The molecule has 0 aromatic heterocycles. The van der Waals surface area contributed by atoms with E-state index < -0.39 is 5.60 Å². The van der Waals surface area contributed by atoms with Gasteiger partial charge in [-0.2, -0.15) is 0 Å². The first-order chi connectivity index (χ1) is 16.8. The second-order valence-electron chi connectivity index (χ2n) is 8.70. The van der Waals surface area contributed by atoms with Gasteiger partial charge in [0, 0.05) is 6.42 Å². The lowest BCUT2D eigenvalue weighted by Gasteiger charge is -2.36. The van der Waals surface area contributed by atoms with Crippen LogP contribution >= 0.6 is 0 Å². The second kappa shape index (κ2) is 10.8. The molecule has 0 bridgehead atoms. The summed E-state index contributed by atoms with van der Waals surface area (Å²) in [7, 11) is 0. The Morgan fingerprint density at radius 1 is 0.647 bits per heavy atom. The summed E-state index contributed by atoms with van der Waals surface area (Å²) in [6.45, 7) is 1.67. The molecule has 0 aliphatic carbocycles. The molecule has 1 aliphatic rings. The molecule has 2 atom stereocenters.